The van der Waals surface area contributed by atoms with Gasteiger partial charge in [-0.15, -0.1) is 5.10 Å². The number of aromatic nitrogens is 2. The van der Waals surface area contributed by atoms with Gasteiger partial charge in [-0.25, -0.2) is 0 Å². The largest absolute Gasteiger partial charge is 0.497 e. The van der Waals surface area contributed by atoms with Crippen molar-refractivity contribution in [2.45, 2.75) is 32.3 Å². The number of hydrogen-bond donors (Lipinski definition) is 0. The van der Waals surface area contributed by atoms with Gasteiger partial charge in [0.15, 0.2) is 0 Å². The van der Waals surface area contributed by atoms with Crippen LogP contribution >= 0.6 is 0 Å². The molecule has 2 aliphatic heterocycles. The molecule has 0 bridgehead atoms. The second kappa shape index (κ2) is 8.69. The summed E-state index contributed by atoms with van der Waals surface area (Å²) in [6.07, 6.45) is 1.82. The molecule has 0 aliphatic carbocycles. The van der Waals surface area contributed by atoms with Gasteiger partial charge >= 0.3 is 0 Å². The first-order valence-electron chi connectivity index (χ1n) is 10.2. The summed E-state index contributed by atoms with van der Waals surface area (Å²) in [5.41, 5.74) is 1.58. The number of anilines is 1. The normalized spacial score (nSPS) is 21.6. The van der Waals surface area contributed by atoms with E-state index in [1.807, 2.05) is 42.2 Å². The monoisotopic (exact) mass is 410 g/mol. The van der Waals surface area contributed by atoms with Gasteiger partial charge in [0.1, 0.15) is 11.9 Å². The number of methoxy groups -OCH3 is 1. The summed E-state index contributed by atoms with van der Waals surface area (Å²) < 4.78 is 11.2. The van der Waals surface area contributed by atoms with Gasteiger partial charge in [0, 0.05) is 37.3 Å². The van der Waals surface area contributed by atoms with Crippen LogP contribution in [0, 0.1) is 12.8 Å². The fourth-order valence-corrected chi connectivity index (χ4v) is 4.01. The molecule has 4 rings (SSSR count). The van der Waals surface area contributed by atoms with Crippen molar-refractivity contribution >= 4 is 17.5 Å². The van der Waals surface area contributed by atoms with Crippen molar-refractivity contribution in [3.63, 3.8) is 0 Å². The van der Waals surface area contributed by atoms with Gasteiger partial charge in [-0.1, -0.05) is 6.07 Å². The molecular formula is C22H26N4O4. The van der Waals surface area contributed by atoms with Crippen LogP contribution in [0.1, 0.15) is 25.0 Å². The molecule has 30 heavy (non-hydrogen) atoms. The van der Waals surface area contributed by atoms with Gasteiger partial charge in [-0.05, 0) is 38.0 Å². The van der Waals surface area contributed by atoms with Crippen LogP contribution in [0.5, 0.6) is 11.6 Å². The number of amides is 2. The van der Waals surface area contributed by atoms with E-state index in [4.69, 9.17) is 9.47 Å². The molecule has 0 saturated carbocycles. The fourth-order valence-electron chi connectivity index (χ4n) is 4.01. The van der Waals surface area contributed by atoms with Gasteiger partial charge in [0.25, 0.3) is 0 Å². The van der Waals surface area contributed by atoms with Gasteiger partial charge in [-0.3, -0.25) is 9.59 Å². The molecule has 0 spiro atoms. The number of hydrogen-bond acceptors (Lipinski definition) is 6. The van der Waals surface area contributed by atoms with Crippen LogP contribution < -0.4 is 14.4 Å². The highest BCUT2D eigenvalue weighted by Gasteiger charge is 2.38. The van der Waals surface area contributed by atoms with Crippen LogP contribution in [-0.4, -0.2) is 59.8 Å². The second-order valence-corrected chi connectivity index (χ2v) is 7.79. The Morgan fingerprint density at radius 2 is 2.03 bits per heavy atom. The quantitative estimate of drug-likeness (QED) is 0.751. The Hall–Kier alpha value is -3.16. The molecule has 1 aromatic heterocycles. The Labute approximate surface area is 175 Å². The Kier molecular flexibility index (Phi) is 5.83. The van der Waals surface area contributed by atoms with E-state index in [1.165, 1.54) is 0 Å². The SMILES string of the molecule is COc1cccc(N2CC(C(=O)N3CCCC(Oc4ccc(C)nn4)C3)CC2=O)c1. The highest BCUT2D eigenvalue weighted by molar-refractivity contribution is 6.00. The molecule has 0 N–H and O–H groups in total. The van der Waals surface area contributed by atoms with Crippen molar-refractivity contribution in [3.8, 4) is 11.6 Å². The highest BCUT2D eigenvalue weighted by Crippen LogP contribution is 2.29. The Morgan fingerprint density at radius 1 is 1.17 bits per heavy atom. The average molecular weight is 410 g/mol. The molecule has 2 fully saturated rings. The lowest BCUT2D eigenvalue weighted by molar-refractivity contribution is -0.138. The van der Waals surface area contributed by atoms with Gasteiger partial charge < -0.3 is 19.3 Å². The predicted molar refractivity (Wildman–Crippen MR) is 110 cm³/mol. The van der Waals surface area contributed by atoms with Gasteiger partial charge in [0.05, 0.1) is 25.3 Å². The Balaban J connectivity index is 1.39. The molecule has 2 amide bonds. The first-order chi connectivity index (χ1) is 14.5. The summed E-state index contributed by atoms with van der Waals surface area (Å²) in [7, 11) is 1.59. The summed E-state index contributed by atoms with van der Waals surface area (Å²) in [5, 5.41) is 8.06. The molecule has 2 aromatic rings. The van der Waals surface area contributed by atoms with Crippen molar-refractivity contribution in [1.82, 2.24) is 15.1 Å². The summed E-state index contributed by atoms with van der Waals surface area (Å²) in [5.74, 6) is 0.783. The first-order valence-corrected chi connectivity index (χ1v) is 10.2. The van der Waals surface area contributed by atoms with E-state index in [2.05, 4.69) is 10.2 Å². The van der Waals surface area contributed by atoms with Gasteiger partial charge in [-0.2, -0.15) is 5.10 Å². The smallest absolute Gasteiger partial charge is 0.233 e. The lowest BCUT2D eigenvalue weighted by Crippen LogP contribution is -2.47. The molecule has 2 atom stereocenters. The topological polar surface area (TPSA) is 84.9 Å². The van der Waals surface area contributed by atoms with E-state index < -0.39 is 0 Å². The minimum absolute atomic E-state index is 0.0111. The number of nitrogens with zero attached hydrogens (tertiary/aromatic N) is 4. The molecule has 8 nitrogen and oxygen atoms in total. The minimum Gasteiger partial charge on any atom is -0.497 e. The van der Waals surface area contributed by atoms with Crippen LogP contribution in [-0.2, 0) is 9.59 Å². The van der Waals surface area contributed by atoms with Crippen molar-refractivity contribution < 1.29 is 19.1 Å². The van der Waals surface area contributed by atoms with E-state index in [0.717, 1.165) is 24.2 Å². The summed E-state index contributed by atoms with van der Waals surface area (Å²) in [6.45, 7) is 3.44. The van der Waals surface area contributed by atoms with Gasteiger partial charge in [0.2, 0.25) is 17.7 Å². The van der Waals surface area contributed by atoms with Crippen molar-refractivity contribution in [2.24, 2.45) is 5.92 Å². The van der Waals surface area contributed by atoms with Crippen LogP contribution in [0.2, 0.25) is 0 Å². The number of carbonyl (C=O) groups excluding carboxylic acids is 2. The Morgan fingerprint density at radius 3 is 2.80 bits per heavy atom. The maximum Gasteiger partial charge on any atom is 0.233 e. The average Bonchev–Trinajstić information content (AvgIpc) is 3.16. The maximum atomic E-state index is 13.1. The lowest BCUT2D eigenvalue weighted by Gasteiger charge is -2.34. The molecule has 158 valence electrons. The summed E-state index contributed by atoms with van der Waals surface area (Å²) >= 11 is 0. The third kappa shape index (κ3) is 4.37. The number of rotatable bonds is 5. The van der Waals surface area contributed by atoms with E-state index >= 15 is 0 Å². The van der Waals surface area contributed by atoms with E-state index in [0.29, 0.717) is 31.3 Å². The Bertz CT molecular complexity index is 918. The minimum atomic E-state index is -0.346. The third-order valence-electron chi connectivity index (χ3n) is 5.59. The second-order valence-electron chi connectivity index (χ2n) is 7.79. The number of piperidine rings is 1. The number of ether oxygens (including phenoxy) is 2. The molecular weight excluding hydrogens is 384 g/mol. The number of aryl methyl sites for hydroxylation is 1. The molecule has 2 unspecified atom stereocenters. The van der Waals surface area contributed by atoms with Crippen LogP contribution in [0.25, 0.3) is 0 Å². The molecule has 3 heterocycles. The molecule has 8 heteroatoms. The number of likely N-dealkylation sites (tertiary alicyclic amines) is 1. The molecule has 0 radical (unpaired) electrons. The van der Waals surface area contributed by atoms with E-state index in [-0.39, 0.29) is 30.3 Å². The van der Waals surface area contributed by atoms with E-state index in [1.54, 1.807) is 18.1 Å². The zero-order valence-corrected chi connectivity index (χ0v) is 17.3. The molecule has 1 aromatic carbocycles. The number of benzene rings is 1. The number of carbonyl (C=O) groups is 2. The molecule has 2 aliphatic rings. The standard InChI is InChI=1S/C22H26N4O4/c1-15-8-9-20(24-23-15)30-19-7-4-10-25(14-19)22(28)16-11-21(27)26(13-16)17-5-3-6-18(12-17)29-2/h3,5-6,8-9,12,16,19H,4,7,10-11,13-14H2,1-2H3. The summed E-state index contributed by atoms with van der Waals surface area (Å²) in [6, 6.07) is 11.0. The van der Waals surface area contributed by atoms with E-state index in [9.17, 15) is 9.59 Å². The van der Waals surface area contributed by atoms with Crippen molar-refractivity contribution in [1.29, 1.82) is 0 Å². The predicted octanol–water partition coefficient (Wildman–Crippen LogP) is 2.22. The fraction of sp³-hybridized carbons (Fsp3) is 0.455. The van der Waals surface area contributed by atoms with Crippen molar-refractivity contribution in [2.75, 3.05) is 31.6 Å². The maximum absolute atomic E-state index is 13.1. The van der Waals surface area contributed by atoms with Crippen LogP contribution in [0.3, 0.4) is 0 Å². The third-order valence-corrected chi connectivity index (χ3v) is 5.59. The van der Waals surface area contributed by atoms with Crippen LogP contribution in [0.15, 0.2) is 36.4 Å². The first kappa shape index (κ1) is 20.1. The lowest BCUT2D eigenvalue weighted by atomic mass is 10.0. The zero-order valence-electron chi connectivity index (χ0n) is 17.3. The summed E-state index contributed by atoms with van der Waals surface area (Å²) in [4.78, 5) is 29.2. The van der Waals surface area contributed by atoms with Crippen LogP contribution in [0.4, 0.5) is 5.69 Å². The van der Waals surface area contributed by atoms with Crippen molar-refractivity contribution in [3.05, 3.63) is 42.1 Å². The molecule has 2 saturated heterocycles. The zero-order chi connectivity index (χ0) is 21.1. The highest BCUT2D eigenvalue weighted by atomic mass is 16.5.